The minimum Gasteiger partial charge on any atom is -0.481 e. The summed E-state index contributed by atoms with van der Waals surface area (Å²) in [5.74, 6) is -4.69. The van der Waals surface area contributed by atoms with E-state index in [-0.39, 0.29) is 18.9 Å². The lowest BCUT2D eigenvalue weighted by atomic mass is 10.1. The fourth-order valence-corrected chi connectivity index (χ4v) is 2.18. The number of nitrogens with two attached hydrogens (primary N) is 2. The normalized spacial score (nSPS) is 17.4. The summed E-state index contributed by atoms with van der Waals surface area (Å²) in [5, 5.41) is 21.8. The van der Waals surface area contributed by atoms with Gasteiger partial charge in [0.1, 0.15) is 18.6 Å². The lowest BCUT2D eigenvalue weighted by Crippen LogP contribution is -2.48. The highest BCUT2D eigenvalue weighted by Gasteiger charge is 2.39. The summed E-state index contributed by atoms with van der Waals surface area (Å²) in [6.07, 6.45) is -0.181. The van der Waals surface area contributed by atoms with Crippen molar-refractivity contribution in [3.05, 3.63) is 0 Å². The van der Waals surface area contributed by atoms with Crippen LogP contribution < -0.4 is 22.1 Å². The smallest absolute Gasteiger partial charge is 0.326 e. The third-order valence-electron chi connectivity index (χ3n) is 3.37. The van der Waals surface area contributed by atoms with Gasteiger partial charge in [-0.25, -0.2) is 9.59 Å². The Morgan fingerprint density at radius 1 is 1.27 bits per heavy atom. The van der Waals surface area contributed by atoms with E-state index in [1.807, 2.05) is 5.32 Å². The van der Waals surface area contributed by atoms with Crippen LogP contribution in [0.5, 0.6) is 0 Å². The second kappa shape index (κ2) is 9.19. The Hall–Kier alpha value is -3.38. The monoisotopic (exact) mass is 372 g/mol. The first-order chi connectivity index (χ1) is 12.1. The van der Waals surface area contributed by atoms with Crippen LogP contribution in [0, 0.1) is 0 Å². The summed E-state index contributed by atoms with van der Waals surface area (Å²) in [6, 6.07) is -3.32. The van der Waals surface area contributed by atoms with E-state index in [9.17, 15) is 24.0 Å². The minimum absolute atomic E-state index is 0.0978. The topological polar surface area (TPSA) is 218 Å². The van der Waals surface area contributed by atoms with Gasteiger partial charge in [-0.1, -0.05) is 0 Å². The number of urea groups is 1. The van der Waals surface area contributed by atoms with Crippen molar-refractivity contribution in [2.75, 3.05) is 13.1 Å². The van der Waals surface area contributed by atoms with Crippen LogP contribution in [0.15, 0.2) is 4.99 Å². The van der Waals surface area contributed by atoms with Crippen LogP contribution in [0.2, 0.25) is 0 Å². The van der Waals surface area contributed by atoms with Crippen molar-refractivity contribution in [1.29, 1.82) is 0 Å². The molecule has 26 heavy (non-hydrogen) atoms. The second-order valence-corrected chi connectivity index (χ2v) is 5.43. The van der Waals surface area contributed by atoms with Gasteiger partial charge in [-0.2, -0.15) is 0 Å². The van der Waals surface area contributed by atoms with Gasteiger partial charge in [0.25, 0.3) is 5.91 Å². The van der Waals surface area contributed by atoms with E-state index in [0.29, 0.717) is 11.3 Å². The molecule has 0 spiro atoms. The fraction of sp³-hybridized carbons (Fsp3) is 0.538. The zero-order chi connectivity index (χ0) is 19.9. The molecule has 0 radical (unpaired) electrons. The number of nitrogens with one attached hydrogen (secondary N) is 2. The second-order valence-electron chi connectivity index (χ2n) is 5.43. The minimum atomic E-state index is -1.67. The van der Waals surface area contributed by atoms with Crippen molar-refractivity contribution in [3.8, 4) is 0 Å². The SMILES string of the molecule is NC(N)=NCCCC1NC(=O)N(CC(=O)N[C@@H](CC(=O)O)C(=O)O)C1=O. The molecule has 1 fully saturated rings. The number of guanidine groups is 1. The molecular weight excluding hydrogens is 352 g/mol. The number of hydrogen-bond acceptors (Lipinski definition) is 6. The van der Waals surface area contributed by atoms with Crippen LogP contribution in [0.1, 0.15) is 19.3 Å². The predicted molar refractivity (Wildman–Crippen MR) is 85.8 cm³/mol. The van der Waals surface area contributed by atoms with Gasteiger partial charge >= 0.3 is 18.0 Å². The number of nitrogens with zero attached hydrogens (tertiary/aromatic N) is 2. The third kappa shape index (κ3) is 6.26. The average molecular weight is 372 g/mol. The zero-order valence-electron chi connectivity index (χ0n) is 13.7. The Kier molecular flexibility index (Phi) is 7.31. The Labute approximate surface area is 147 Å². The molecule has 13 nitrogen and oxygen atoms in total. The Morgan fingerprint density at radius 2 is 1.92 bits per heavy atom. The van der Waals surface area contributed by atoms with E-state index in [1.165, 1.54) is 0 Å². The molecule has 0 aromatic carbocycles. The van der Waals surface area contributed by atoms with Gasteiger partial charge in [0, 0.05) is 6.54 Å². The van der Waals surface area contributed by atoms with Crippen molar-refractivity contribution in [2.45, 2.75) is 31.3 Å². The van der Waals surface area contributed by atoms with Crippen LogP contribution in [0.25, 0.3) is 0 Å². The number of aliphatic imine (C=N–C) groups is 1. The predicted octanol–water partition coefficient (Wildman–Crippen LogP) is -3.00. The summed E-state index contributed by atoms with van der Waals surface area (Å²) in [6.45, 7) is -0.462. The van der Waals surface area contributed by atoms with Gasteiger partial charge in [0.05, 0.1) is 6.42 Å². The highest BCUT2D eigenvalue weighted by Crippen LogP contribution is 2.11. The Bertz CT molecular complexity index is 630. The molecule has 0 aromatic heterocycles. The molecule has 0 aliphatic carbocycles. The standard InChI is InChI=1S/C13H20N6O7/c14-12(15)16-3-1-2-6-10(23)19(13(26)18-6)5-8(20)17-7(11(24)25)4-9(21)22/h6-7H,1-5H2,(H,17,20)(H,18,26)(H,21,22)(H,24,25)(H4,14,15,16)/t6?,7-/m0/s1. The molecule has 1 aliphatic heterocycles. The lowest BCUT2D eigenvalue weighted by molar-refractivity contribution is -0.147. The summed E-state index contributed by atoms with van der Waals surface area (Å²) in [7, 11) is 0. The van der Waals surface area contributed by atoms with Crippen molar-refractivity contribution >= 4 is 35.7 Å². The Balaban J connectivity index is 2.57. The maximum Gasteiger partial charge on any atom is 0.326 e. The lowest BCUT2D eigenvalue weighted by Gasteiger charge is -2.16. The van der Waals surface area contributed by atoms with E-state index in [0.717, 1.165) is 0 Å². The molecule has 8 N–H and O–H groups in total. The van der Waals surface area contributed by atoms with E-state index in [4.69, 9.17) is 21.7 Å². The molecule has 0 bridgehead atoms. The van der Waals surface area contributed by atoms with Crippen molar-refractivity contribution in [2.24, 2.45) is 16.5 Å². The molecular formula is C13H20N6O7. The Morgan fingerprint density at radius 3 is 2.46 bits per heavy atom. The third-order valence-corrected chi connectivity index (χ3v) is 3.37. The molecule has 0 saturated carbocycles. The maximum atomic E-state index is 12.1. The molecule has 144 valence electrons. The van der Waals surface area contributed by atoms with Gasteiger partial charge in [-0.3, -0.25) is 24.3 Å². The molecule has 1 aliphatic rings. The van der Waals surface area contributed by atoms with Gasteiger partial charge < -0.3 is 32.3 Å². The number of carbonyl (C=O) groups excluding carboxylic acids is 3. The molecule has 13 heteroatoms. The number of carbonyl (C=O) groups is 5. The quantitative estimate of drug-likeness (QED) is 0.0994. The van der Waals surface area contributed by atoms with Crippen LogP contribution >= 0.6 is 0 Å². The summed E-state index contributed by atoms with van der Waals surface area (Å²) < 4.78 is 0. The summed E-state index contributed by atoms with van der Waals surface area (Å²) in [4.78, 5) is 61.7. The molecule has 1 saturated heterocycles. The zero-order valence-corrected chi connectivity index (χ0v) is 13.7. The van der Waals surface area contributed by atoms with Crippen LogP contribution in [-0.2, 0) is 19.2 Å². The number of amides is 4. The molecule has 4 amide bonds. The number of rotatable bonds is 10. The molecule has 1 heterocycles. The van der Waals surface area contributed by atoms with E-state index in [1.54, 1.807) is 0 Å². The van der Waals surface area contributed by atoms with Gasteiger partial charge in [0.15, 0.2) is 5.96 Å². The van der Waals surface area contributed by atoms with Crippen LogP contribution in [-0.4, -0.2) is 76.0 Å². The number of aliphatic carboxylic acids is 2. The number of imide groups is 1. The van der Waals surface area contributed by atoms with E-state index >= 15 is 0 Å². The first-order valence-corrected chi connectivity index (χ1v) is 7.53. The van der Waals surface area contributed by atoms with E-state index < -0.39 is 54.8 Å². The van der Waals surface area contributed by atoms with Crippen molar-refractivity contribution in [3.63, 3.8) is 0 Å². The number of carboxylic acid groups (broad SMARTS) is 2. The summed E-state index contributed by atoms with van der Waals surface area (Å²) in [5.41, 5.74) is 10.3. The number of hydrogen-bond donors (Lipinski definition) is 6. The van der Waals surface area contributed by atoms with Gasteiger partial charge in [0.2, 0.25) is 5.91 Å². The molecule has 0 aromatic rings. The highest BCUT2D eigenvalue weighted by atomic mass is 16.4. The largest absolute Gasteiger partial charge is 0.481 e. The average Bonchev–Trinajstić information content (AvgIpc) is 2.77. The first-order valence-electron chi connectivity index (χ1n) is 7.53. The van der Waals surface area contributed by atoms with Gasteiger partial charge in [-0.05, 0) is 12.8 Å². The first kappa shape index (κ1) is 20.7. The van der Waals surface area contributed by atoms with Crippen LogP contribution in [0.3, 0.4) is 0 Å². The molecule has 1 unspecified atom stereocenters. The van der Waals surface area contributed by atoms with Crippen molar-refractivity contribution < 1.29 is 34.2 Å². The van der Waals surface area contributed by atoms with Gasteiger partial charge in [-0.15, -0.1) is 0 Å². The van der Waals surface area contributed by atoms with Crippen LogP contribution in [0.4, 0.5) is 4.79 Å². The fourth-order valence-electron chi connectivity index (χ4n) is 2.18. The molecule has 1 rings (SSSR count). The van der Waals surface area contributed by atoms with Crippen molar-refractivity contribution in [1.82, 2.24) is 15.5 Å². The maximum absolute atomic E-state index is 12.1. The summed E-state index contributed by atoms with van der Waals surface area (Å²) >= 11 is 0. The number of carboxylic acids is 2. The molecule has 2 atom stereocenters. The highest BCUT2D eigenvalue weighted by molar-refractivity contribution is 6.06. The van der Waals surface area contributed by atoms with E-state index in [2.05, 4.69) is 10.3 Å².